The number of benzene rings is 1. The molecule has 2 atom stereocenters. The largest absolute Gasteiger partial charge is 0.372 e. The van der Waals surface area contributed by atoms with E-state index >= 15 is 0 Å². The smallest absolute Gasteiger partial charge is 0.317 e. The Bertz CT molecular complexity index is 807. The van der Waals surface area contributed by atoms with E-state index in [2.05, 4.69) is 10.4 Å². The molecule has 0 bridgehead atoms. The van der Waals surface area contributed by atoms with E-state index in [0.29, 0.717) is 24.2 Å². The fraction of sp³-hybridized carbons (Fsp3) is 0.471. The van der Waals surface area contributed by atoms with Gasteiger partial charge in [-0.3, -0.25) is 4.79 Å². The summed E-state index contributed by atoms with van der Waals surface area (Å²) in [5, 5.41) is 8.57. The van der Waals surface area contributed by atoms with Gasteiger partial charge in [-0.1, -0.05) is 18.2 Å². The molecule has 3 rings (SSSR count). The summed E-state index contributed by atoms with van der Waals surface area (Å²) in [7, 11) is 1.62. The lowest BCUT2D eigenvalue weighted by Crippen LogP contribution is -2.51. The van der Waals surface area contributed by atoms with Gasteiger partial charge in [-0.05, 0) is 19.9 Å². The first-order valence-corrected chi connectivity index (χ1v) is 8.09. The third kappa shape index (κ3) is 3.26. The predicted molar refractivity (Wildman–Crippen MR) is 90.8 cm³/mol. The van der Waals surface area contributed by atoms with Crippen molar-refractivity contribution in [3.63, 3.8) is 0 Å². The van der Waals surface area contributed by atoms with Gasteiger partial charge >= 0.3 is 6.03 Å². The zero-order chi connectivity index (χ0) is 17.3. The Morgan fingerprint density at radius 1 is 1.25 bits per heavy atom. The summed E-state index contributed by atoms with van der Waals surface area (Å²) in [6.07, 6.45) is 0.0482. The number of nitrogens with zero attached hydrogens (tertiary/aromatic N) is 3. The monoisotopic (exact) mass is 330 g/mol. The van der Waals surface area contributed by atoms with Crippen molar-refractivity contribution in [2.75, 3.05) is 13.1 Å². The molecule has 2 aromatic rings. The molecule has 1 saturated heterocycles. The SMILES string of the molecule is CC1CN(C(=O)NCc2nn(C)c(=O)c3ccccc23)CC(C)O1. The lowest BCUT2D eigenvalue weighted by Gasteiger charge is -2.35. The number of ether oxygens (including phenoxy) is 1. The van der Waals surface area contributed by atoms with Gasteiger partial charge in [-0.25, -0.2) is 9.48 Å². The van der Waals surface area contributed by atoms with Crippen molar-refractivity contribution < 1.29 is 9.53 Å². The number of nitrogens with one attached hydrogen (secondary N) is 1. The van der Waals surface area contributed by atoms with E-state index in [1.54, 1.807) is 18.0 Å². The van der Waals surface area contributed by atoms with E-state index in [0.717, 1.165) is 5.39 Å². The molecule has 1 aromatic heterocycles. The van der Waals surface area contributed by atoms with Gasteiger partial charge in [0.05, 0.1) is 29.8 Å². The van der Waals surface area contributed by atoms with Crippen LogP contribution in [0.3, 0.4) is 0 Å². The molecule has 2 heterocycles. The van der Waals surface area contributed by atoms with Crippen LogP contribution < -0.4 is 10.9 Å². The minimum absolute atomic E-state index is 0.0241. The molecule has 0 saturated carbocycles. The minimum Gasteiger partial charge on any atom is -0.372 e. The summed E-state index contributed by atoms with van der Waals surface area (Å²) in [5.41, 5.74) is 0.534. The molecule has 2 amide bonds. The Balaban J connectivity index is 1.77. The molecule has 7 heteroatoms. The third-order valence-electron chi connectivity index (χ3n) is 4.15. The van der Waals surface area contributed by atoms with Crippen LogP contribution in [0.5, 0.6) is 0 Å². The maximum Gasteiger partial charge on any atom is 0.317 e. The lowest BCUT2D eigenvalue weighted by atomic mass is 10.1. The fourth-order valence-corrected chi connectivity index (χ4v) is 3.12. The Labute approximate surface area is 140 Å². The summed E-state index contributed by atoms with van der Waals surface area (Å²) in [4.78, 5) is 26.3. The number of rotatable bonds is 2. The molecule has 0 spiro atoms. The predicted octanol–water partition coefficient (Wildman–Crippen LogP) is 1.25. The number of hydrogen-bond acceptors (Lipinski definition) is 4. The number of carbonyl (C=O) groups is 1. The topological polar surface area (TPSA) is 76.5 Å². The number of fused-ring (bicyclic) bond motifs is 1. The number of urea groups is 1. The van der Waals surface area contributed by atoms with Crippen molar-refractivity contribution in [3.8, 4) is 0 Å². The van der Waals surface area contributed by atoms with E-state index in [1.807, 2.05) is 32.0 Å². The van der Waals surface area contributed by atoms with Gasteiger partial charge in [-0.2, -0.15) is 5.10 Å². The van der Waals surface area contributed by atoms with Crippen LogP contribution in [0.4, 0.5) is 4.79 Å². The molecule has 2 unspecified atom stereocenters. The molecule has 7 nitrogen and oxygen atoms in total. The number of aromatic nitrogens is 2. The first-order chi connectivity index (χ1) is 11.5. The van der Waals surface area contributed by atoms with Gasteiger partial charge in [-0.15, -0.1) is 0 Å². The van der Waals surface area contributed by atoms with Gasteiger partial charge in [0.1, 0.15) is 0 Å². The standard InChI is InChI=1S/C17H22N4O3/c1-11-9-21(10-12(2)24-11)17(23)18-8-15-13-6-4-5-7-14(13)16(22)20(3)19-15/h4-7,11-12H,8-10H2,1-3H3,(H,18,23). The summed E-state index contributed by atoms with van der Waals surface area (Å²) in [6, 6.07) is 7.17. The molecular weight excluding hydrogens is 308 g/mol. The quantitative estimate of drug-likeness (QED) is 0.899. The highest BCUT2D eigenvalue weighted by Gasteiger charge is 2.25. The van der Waals surface area contributed by atoms with Crippen LogP contribution in [0.2, 0.25) is 0 Å². The third-order valence-corrected chi connectivity index (χ3v) is 4.15. The maximum absolute atomic E-state index is 12.4. The highest BCUT2D eigenvalue weighted by atomic mass is 16.5. The second-order valence-corrected chi connectivity index (χ2v) is 6.24. The normalized spacial score (nSPS) is 21.0. The Morgan fingerprint density at radius 3 is 2.54 bits per heavy atom. The van der Waals surface area contributed by atoms with Crippen LogP contribution in [0.25, 0.3) is 10.8 Å². The molecule has 1 aliphatic rings. The van der Waals surface area contributed by atoms with Crippen molar-refractivity contribution in [2.45, 2.75) is 32.6 Å². The van der Waals surface area contributed by atoms with E-state index in [1.165, 1.54) is 4.68 Å². The number of hydrogen-bond donors (Lipinski definition) is 1. The number of morpholine rings is 1. The van der Waals surface area contributed by atoms with Crippen LogP contribution in [0, 0.1) is 0 Å². The van der Waals surface area contributed by atoms with E-state index in [-0.39, 0.29) is 30.3 Å². The van der Waals surface area contributed by atoms with Crippen LogP contribution in [0.1, 0.15) is 19.5 Å². The number of amides is 2. The highest BCUT2D eigenvalue weighted by Crippen LogP contribution is 2.14. The second-order valence-electron chi connectivity index (χ2n) is 6.24. The van der Waals surface area contributed by atoms with Gasteiger partial charge in [0.25, 0.3) is 5.56 Å². The Hall–Kier alpha value is -2.41. The van der Waals surface area contributed by atoms with Crippen molar-refractivity contribution >= 4 is 16.8 Å². The number of carbonyl (C=O) groups excluding carboxylic acids is 1. The average molecular weight is 330 g/mol. The van der Waals surface area contributed by atoms with Crippen LogP contribution in [-0.2, 0) is 18.3 Å². The van der Waals surface area contributed by atoms with Crippen molar-refractivity contribution in [1.29, 1.82) is 0 Å². The summed E-state index contributed by atoms with van der Waals surface area (Å²) >= 11 is 0. The average Bonchev–Trinajstić information content (AvgIpc) is 2.55. The fourth-order valence-electron chi connectivity index (χ4n) is 3.12. The second kappa shape index (κ2) is 6.60. The molecule has 24 heavy (non-hydrogen) atoms. The van der Waals surface area contributed by atoms with Crippen LogP contribution in [-0.4, -0.2) is 46.0 Å². The summed E-state index contributed by atoms with van der Waals surface area (Å²) in [6.45, 7) is 5.32. The van der Waals surface area contributed by atoms with Crippen molar-refractivity contribution in [3.05, 3.63) is 40.3 Å². The zero-order valence-electron chi connectivity index (χ0n) is 14.2. The Kier molecular flexibility index (Phi) is 4.53. The lowest BCUT2D eigenvalue weighted by molar-refractivity contribution is -0.0545. The molecular formula is C17H22N4O3. The zero-order valence-corrected chi connectivity index (χ0v) is 14.2. The molecule has 1 fully saturated rings. The molecule has 0 radical (unpaired) electrons. The summed E-state index contributed by atoms with van der Waals surface area (Å²) in [5.74, 6) is 0. The molecule has 128 valence electrons. The maximum atomic E-state index is 12.4. The van der Waals surface area contributed by atoms with E-state index in [4.69, 9.17) is 4.74 Å². The first-order valence-electron chi connectivity index (χ1n) is 8.09. The van der Waals surface area contributed by atoms with Crippen LogP contribution in [0.15, 0.2) is 29.1 Å². The first kappa shape index (κ1) is 16.4. The molecule has 1 aromatic carbocycles. The number of aryl methyl sites for hydroxylation is 1. The van der Waals surface area contributed by atoms with Crippen molar-refractivity contribution in [1.82, 2.24) is 20.0 Å². The van der Waals surface area contributed by atoms with Crippen molar-refractivity contribution in [2.24, 2.45) is 7.05 Å². The Morgan fingerprint density at radius 2 is 1.88 bits per heavy atom. The molecule has 1 aliphatic heterocycles. The van der Waals surface area contributed by atoms with Gasteiger partial charge < -0.3 is 15.0 Å². The minimum atomic E-state index is -0.142. The molecule has 1 N–H and O–H groups in total. The van der Waals surface area contributed by atoms with Gasteiger partial charge in [0.15, 0.2) is 0 Å². The van der Waals surface area contributed by atoms with Gasteiger partial charge in [0.2, 0.25) is 0 Å². The summed E-state index contributed by atoms with van der Waals surface area (Å²) < 4.78 is 6.95. The highest BCUT2D eigenvalue weighted by molar-refractivity contribution is 5.84. The van der Waals surface area contributed by atoms with Gasteiger partial charge in [0, 0.05) is 25.5 Å². The van der Waals surface area contributed by atoms with Crippen LogP contribution >= 0.6 is 0 Å². The molecule has 0 aliphatic carbocycles. The van der Waals surface area contributed by atoms with E-state index in [9.17, 15) is 9.59 Å². The van der Waals surface area contributed by atoms with E-state index < -0.39 is 0 Å².